The van der Waals surface area contributed by atoms with Gasteiger partial charge in [-0.25, -0.2) is 4.74 Å². The molecule has 1 aromatic carbocycles. The highest BCUT2D eigenvalue weighted by atomic mass is 16.5. The number of nitrogens with zero attached hydrogens (tertiary/aromatic N) is 1. The van der Waals surface area contributed by atoms with Crippen LogP contribution >= 0.6 is 0 Å². The molecule has 1 atom stereocenters. The van der Waals surface area contributed by atoms with E-state index in [1.54, 1.807) is 6.21 Å². The smallest absolute Gasteiger partial charge is 0.191 e. The Labute approximate surface area is 102 Å². The van der Waals surface area contributed by atoms with Crippen molar-refractivity contribution in [2.24, 2.45) is 0 Å². The second kappa shape index (κ2) is 4.02. The van der Waals surface area contributed by atoms with Crippen LogP contribution in [0.1, 0.15) is 36.8 Å². The fourth-order valence-electron chi connectivity index (χ4n) is 2.91. The molecule has 2 nitrogen and oxygen atoms in total. The standard InChI is InChI=1S/C15H17NO/c17-16-12-14-7-3-2-6-13(14)8-11-15(16)9-4-1-5-10-15/h2-4,6-7,9,12H,1,5,8,10-11H2. The topological polar surface area (TPSA) is 26.1 Å². The van der Waals surface area contributed by atoms with E-state index >= 15 is 0 Å². The first-order chi connectivity index (χ1) is 8.30. The van der Waals surface area contributed by atoms with Gasteiger partial charge in [0.15, 0.2) is 11.8 Å². The third-order valence-corrected chi connectivity index (χ3v) is 3.99. The first-order valence-electron chi connectivity index (χ1n) is 6.37. The van der Waals surface area contributed by atoms with Gasteiger partial charge in [0.05, 0.1) is 0 Å². The Hall–Kier alpha value is -1.57. The number of hydrogen-bond donors (Lipinski definition) is 0. The van der Waals surface area contributed by atoms with Crippen LogP contribution in [0.3, 0.4) is 0 Å². The van der Waals surface area contributed by atoms with Crippen LogP contribution in [-0.4, -0.2) is 16.5 Å². The zero-order valence-electron chi connectivity index (χ0n) is 9.93. The molecule has 0 bridgehead atoms. The highest BCUT2D eigenvalue weighted by Gasteiger charge is 2.38. The van der Waals surface area contributed by atoms with Crippen molar-refractivity contribution in [3.05, 3.63) is 52.8 Å². The summed E-state index contributed by atoms with van der Waals surface area (Å²) in [7, 11) is 0. The third-order valence-electron chi connectivity index (χ3n) is 3.99. The van der Waals surface area contributed by atoms with Crippen LogP contribution in [0.5, 0.6) is 0 Å². The van der Waals surface area contributed by atoms with E-state index in [1.807, 2.05) is 12.1 Å². The van der Waals surface area contributed by atoms with E-state index in [1.165, 1.54) is 10.3 Å². The fraction of sp³-hybridized carbons (Fsp3) is 0.400. The maximum atomic E-state index is 12.4. The van der Waals surface area contributed by atoms with E-state index in [9.17, 15) is 5.21 Å². The van der Waals surface area contributed by atoms with Gasteiger partial charge in [0.1, 0.15) is 0 Å². The van der Waals surface area contributed by atoms with Crippen molar-refractivity contribution in [1.29, 1.82) is 0 Å². The van der Waals surface area contributed by atoms with Crippen molar-refractivity contribution in [3.63, 3.8) is 0 Å². The molecule has 0 radical (unpaired) electrons. The maximum Gasteiger partial charge on any atom is 0.191 e. The van der Waals surface area contributed by atoms with Gasteiger partial charge in [0, 0.05) is 18.4 Å². The summed E-state index contributed by atoms with van der Waals surface area (Å²) in [6.07, 6.45) is 11.2. The summed E-state index contributed by atoms with van der Waals surface area (Å²) in [6.45, 7) is 0. The normalized spacial score (nSPS) is 27.4. The van der Waals surface area contributed by atoms with Crippen molar-refractivity contribution < 1.29 is 4.74 Å². The summed E-state index contributed by atoms with van der Waals surface area (Å²) in [5.41, 5.74) is 2.10. The average Bonchev–Trinajstić information content (AvgIpc) is 2.50. The maximum absolute atomic E-state index is 12.4. The van der Waals surface area contributed by atoms with E-state index < -0.39 is 0 Å². The van der Waals surface area contributed by atoms with Crippen molar-refractivity contribution >= 4 is 6.21 Å². The summed E-state index contributed by atoms with van der Waals surface area (Å²) in [4.78, 5) is 0. The van der Waals surface area contributed by atoms with Gasteiger partial charge in [0.25, 0.3) is 0 Å². The minimum absolute atomic E-state index is 0.280. The van der Waals surface area contributed by atoms with E-state index in [2.05, 4.69) is 24.3 Å². The number of benzene rings is 1. The zero-order valence-corrected chi connectivity index (χ0v) is 9.93. The van der Waals surface area contributed by atoms with Crippen LogP contribution in [0.4, 0.5) is 0 Å². The molecule has 1 spiro atoms. The van der Waals surface area contributed by atoms with E-state index in [0.29, 0.717) is 0 Å². The van der Waals surface area contributed by atoms with Crippen LogP contribution in [0, 0.1) is 5.21 Å². The minimum Gasteiger partial charge on any atom is -0.623 e. The van der Waals surface area contributed by atoms with Gasteiger partial charge in [-0.05, 0) is 37.0 Å². The largest absolute Gasteiger partial charge is 0.623 e. The molecular formula is C15H17NO. The highest BCUT2D eigenvalue weighted by Crippen LogP contribution is 2.32. The molecule has 88 valence electrons. The molecule has 0 saturated heterocycles. The van der Waals surface area contributed by atoms with Crippen molar-refractivity contribution in [3.8, 4) is 0 Å². The average molecular weight is 227 g/mol. The van der Waals surface area contributed by atoms with E-state index in [-0.39, 0.29) is 5.54 Å². The van der Waals surface area contributed by atoms with Gasteiger partial charge in [0.2, 0.25) is 0 Å². The summed E-state index contributed by atoms with van der Waals surface area (Å²) < 4.78 is 1.19. The van der Waals surface area contributed by atoms with Gasteiger partial charge in [-0.2, -0.15) is 0 Å². The summed E-state index contributed by atoms with van der Waals surface area (Å²) in [5, 5.41) is 12.4. The van der Waals surface area contributed by atoms with Crippen LogP contribution in [-0.2, 0) is 6.42 Å². The highest BCUT2D eigenvalue weighted by molar-refractivity contribution is 5.78. The number of rotatable bonds is 0. The van der Waals surface area contributed by atoms with Gasteiger partial charge < -0.3 is 5.21 Å². The van der Waals surface area contributed by atoms with Crippen molar-refractivity contribution in [2.75, 3.05) is 0 Å². The molecule has 1 aliphatic heterocycles. The van der Waals surface area contributed by atoms with E-state index in [0.717, 1.165) is 37.7 Å². The predicted octanol–water partition coefficient (Wildman–Crippen LogP) is 3.04. The Morgan fingerprint density at radius 3 is 2.88 bits per heavy atom. The Morgan fingerprint density at radius 1 is 1.18 bits per heavy atom. The number of allylic oxidation sites excluding steroid dienone is 1. The molecule has 3 rings (SSSR count). The van der Waals surface area contributed by atoms with Gasteiger partial charge in [-0.1, -0.05) is 24.3 Å². The van der Waals surface area contributed by atoms with Crippen LogP contribution in [0.2, 0.25) is 0 Å². The monoisotopic (exact) mass is 227 g/mol. The van der Waals surface area contributed by atoms with Crippen LogP contribution in [0.25, 0.3) is 0 Å². The number of hydrogen-bond acceptors (Lipinski definition) is 1. The van der Waals surface area contributed by atoms with Crippen LogP contribution < -0.4 is 0 Å². The quantitative estimate of drug-likeness (QED) is 0.380. The summed E-state index contributed by atoms with van der Waals surface area (Å²) in [6, 6.07) is 8.21. The molecule has 1 heterocycles. The van der Waals surface area contributed by atoms with Gasteiger partial charge in [-0.15, -0.1) is 0 Å². The van der Waals surface area contributed by atoms with Gasteiger partial charge >= 0.3 is 0 Å². The molecule has 2 aliphatic rings. The number of aryl methyl sites for hydroxylation is 1. The lowest BCUT2D eigenvalue weighted by atomic mass is 9.83. The number of fused-ring (bicyclic) bond motifs is 1. The van der Waals surface area contributed by atoms with E-state index in [4.69, 9.17) is 0 Å². The lowest BCUT2D eigenvalue weighted by Crippen LogP contribution is -2.39. The second-order valence-electron chi connectivity index (χ2n) is 5.05. The molecule has 0 aromatic heterocycles. The Bertz CT molecular complexity index is 489. The predicted molar refractivity (Wildman–Crippen MR) is 69.3 cm³/mol. The first-order valence-corrected chi connectivity index (χ1v) is 6.37. The molecule has 1 aromatic rings. The van der Waals surface area contributed by atoms with Gasteiger partial charge in [-0.3, -0.25) is 0 Å². The second-order valence-corrected chi connectivity index (χ2v) is 5.05. The first kappa shape index (κ1) is 10.6. The third kappa shape index (κ3) is 1.78. The lowest BCUT2D eigenvalue weighted by Gasteiger charge is -2.30. The molecule has 0 fully saturated rings. The van der Waals surface area contributed by atoms with Crippen molar-refractivity contribution in [1.82, 2.24) is 0 Å². The Kier molecular flexibility index (Phi) is 2.50. The molecular weight excluding hydrogens is 210 g/mol. The Morgan fingerprint density at radius 2 is 2.06 bits per heavy atom. The molecule has 1 unspecified atom stereocenters. The lowest BCUT2D eigenvalue weighted by molar-refractivity contribution is -0.533. The minimum atomic E-state index is -0.280. The summed E-state index contributed by atoms with van der Waals surface area (Å²) in [5.74, 6) is 0. The molecule has 0 N–H and O–H groups in total. The number of hydroxylamine groups is 1. The molecule has 17 heavy (non-hydrogen) atoms. The molecule has 0 amide bonds. The fourth-order valence-corrected chi connectivity index (χ4v) is 2.91. The summed E-state index contributed by atoms with van der Waals surface area (Å²) >= 11 is 0. The van der Waals surface area contributed by atoms with Crippen LogP contribution in [0.15, 0.2) is 36.4 Å². The molecule has 0 saturated carbocycles. The Balaban J connectivity index is 2.04. The van der Waals surface area contributed by atoms with Crippen molar-refractivity contribution in [2.45, 2.75) is 37.6 Å². The SMILES string of the molecule is [O-][N+]1=Cc2ccccc2CCC12C=CCCC2. The zero-order chi connectivity index (χ0) is 11.7. The molecule has 2 heteroatoms. The molecule has 1 aliphatic carbocycles.